The van der Waals surface area contributed by atoms with Gasteiger partial charge in [-0.1, -0.05) is 0 Å². The number of likely N-dealkylation sites (tertiary alicyclic amines) is 1. The summed E-state index contributed by atoms with van der Waals surface area (Å²) < 4.78 is 7.46. The molecule has 2 aromatic heterocycles. The molecule has 1 N–H and O–H groups in total. The first-order valence-corrected chi connectivity index (χ1v) is 7.85. The lowest BCUT2D eigenvalue weighted by atomic mass is 9.92. The molecule has 1 aliphatic rings. The fourth-order valence-electron chi connectivity index (χ4n) is 3.19. The summed E-state index contributed by atoms with van der Waals surface area (Å²) >= 11 is 0. The van der Waals surface area contributed by atoms with Crippen molar-refractivity contribution >= 4 is 0 Å². The van der Waals surface area contributed by atoms with Crippen LogP contribution in [0.2, 0.25) is 0 Å². The van der Waals surface area contributed by atoms with Gasteiger partial charge < -0.3 is 9.52 Å². The van der Waals surface area contributed by atoms with Crippen molar-refractivity contribution in [1.29, 1.82) is 0 Å². The Kier molecular flexibility index (Phi) is 4.54. The standard InChI is InChI=1S/C15H23N5O2/c1-11(15-18-17-12(2)22-15)19-7-4-13(5-8-19)14-3-6-16-20(14)9-10-21/h3,6,11,13,21H,4-5,7-10H2,1-2H3/t11-/m0/s1. The molecule has 2 aromatic rings. The van der Waals surface area contributed by atoms with Crippen molar-refractivity contribution in [3.63, 3.8) is 0 Å². The summed E-state index contributed by atoms with van der Waals surface area (Å²) in [6.07, 6.45) is 3.98. The van der Waals surface area contributed by atoms with E-state index in [-0.39, 0.29) is 12.6 Å². The van der Waals surface area contributed by atoms with Crippen LogP contribution in [0, 0.1) is 6.92 Å². The average Bonchev–Trinajstić information content (AvgIpc) is 3.16. The van der Waals surface area contributed by atoms with Crippen LogP contribution in [0.3, 0.4) is 0 Å². The summed E-state index contributed by atoms with van der Waals surface area (Å²) in [4.78, 5) is 2.39. The van der Waals surface area contributed by atoms with Gasteiger partial charge >= 0.3 is 0 Å². The lowest BCUT2D eigenvalue weighted by Gasteiger charge is -2.34. The Morgan fingerprint density at radius 1 is 1.36 bits per heavy atom. The Morgan fingerprint density at radius 2 is 2.14 bits per heavy atom. The number of aromatic nitrogens is 4. The van der Waals surface area contributed by atoms with Crippen LogP contribution in [0.25, 0.3) is 0 Å². The highest BCUT2D eigenvalue weighted by atomic mass is 16.4. The van der Waals surface area contributed by atoms with Crippen LogP contribution in [0.15, 0.2) is 16.7 Å². The Bertz CT molecular complexity index is 601. The highest BCUT2D eigenvalue weighted by Crippen LogP contribution is 2.31. The lowest BCUT2D eigenvalue weighted by Crippen LogP contribution is -2.35. The first kappa shape index (κ1) is 15.2. The monoisotopic (exact) mass is 305 g/mol. The minimum Gasteiger partial charge on any atom is -0.424 e. The van der Waals surface area contributed by atoms with Gasteiger partial charge in [0, 0.05) is 24.7 Å². The summed E-state index contributed by atoms with van der Waals surface area (Å²) in [5.41, 5.74) is 1.23. The molecule has 0 amide bonds. The molecule has 120 valence electrons. The van der Waals surface area contributed by atoms with Crippen molar-refractivity contribution in [2.24, 2.45) is 0 Å². The number of aliphatic hydroxyl groups excluding tert-OH is 1. The van der Waals surface area contributed by atoms with E-state index < -0.39 is 0 Å². The molecule has 7 heteroatoms. The lowest BCUT2D eigenvalue weighted by molar-refractivity contribution is 0.139. The van der Waals surface area contributed by atoms with Crippen LogP contribution in [-0.4, -0.2) is 49.7 Å². The molecule has 1 saturated heterocycles. The number of nitrogens with zero attached hydrogens (tertiary/aromatic N) is 5. The molecule has 1 fully saturated rings. The molecule has 1 aliphatic heterocycles. The van der Waals surface area contributed by atoms with Gasteiger partial charge in [-0.25, -0.2) is 0 Å². The largest absolute Gasteiger partial charge is 0.424 e. The highest BCUT2D eigenvalue weighted by molar-refractivity contribution is 5.09. The first-order valence-electron chi connectivity index (χ1n) is 7.85. The number of aliphatic hydroxyl groups is 1. The number of hydrogen-bond acceptors (Lipinski definition) is 6. The number of piperidine rings is 1. The third-order valence-corrected chi connectivity index (χ3v) is 4.46. The Balaban J connectivity index is 1.61. The minimum atomic E-state index is 0.126. The van der Waals surface area contributed by atoms with Gasteiger partial charge in [-0.2, -0.15) is 5.10 Å². The number of hydrogen-bond donors (Lipinski definition) is 1. The summed E-state index contributed by atoms with van der Waals surface area (Å²) in [5, 5.41) is 21.4. The van der Waals surface area contributed by atoms with Crippen molar-refractivity contribution in [3.8, 4) is 0 Å². The van der Waals surface area contributed by atoms with Crippen molar-refractivity contribution in [1.82, 2.24) is 24.9 Å². The zero-order valence-corrected chi connectivity index (χ0v) is 13.1. The van der Waals surface area contributed by atoms with E-state index in [9.17, 15) is 0 Å². The second-order valence-corrected chi connectivity index (χ2v) is 5.85. The number of rotatable bonds is 5. The maximum Gasteiger partial charge on any atom is 0.233 e. The van der Waals surface area contributed by atoms with E-state index in [2.05, 4.69) is 33.2 Å². The number of aryl methyl sites for hydroxylation is 1. The third-order valence-electron chi connectivity index (χ3n) is 4.46. The third kappa shape index (κ3) is 3.05. The topological polar surface area (TPSA) is 80.2 Å². The molecule has 0 unspecified atom stereocenters. The van der Waals surface area contributed by atoms with E-state index in [1.54, 1.807) is 0 Å². The molecular weight excluding hydrogens is 282 g/mol. The van der Waals surface area contributed by atoms with Gasteiger partial charge in [0.25, 0.3) is 0 Å². The van der Waals surface area contributed by atoms with E-state index in [4.69, 9.17) is 9.52 Å². The molecule has 1 atom stereocenters. The van der Waals surface area contributed by atoms with Gasteiger partial charge in [0.1, 0.15) is 0 Å². The van der Waals surface area contributed by atoms with E-state index in [0.29, 0.717) is 24.2 Å². The van der Waals surface area contributed by atoms with Crippen LogP contribution in [-0.2, 0) is 6.54 Å². The predicted molar refractivity (Wildman–Crippen MR) is 80.3 cm³/mol. The van der Waals surface area contributed by atoms with Crippen molar-refractivity contribution in [3.05, 3.63) is 29.7 Å². The van der Waals surface area contributed by atoms with Crippen LogP contribution in [0.4, 0.5) is 0 Å². The van der Waals surface area contributed by atoms with E-state index in [1.807, 2.05) is 17.8 Å². The fourth-order valence-corrected chi connectivity index (χ4v) is 3.19. The van der Waals surface area contributed by atoms with Crippen molar-refractivity contribution < 1.29 is 9.52 Å². The van der Waals surface area contributed by atoms with Crippen molar-refractivity contribution in [2.75, 3.05) is 19.7 Å². The second kappa shape index (κ2) is 6.58. The Labute approximate surface area is 129 Å². The van der Waals surface area contributed by atoms with Gasteiger partial charge in [0.2, 0.25) is 11.8 Å². The zero-order chi connectivity index (χ0) is 15.5. The molecule has 0 radical (unpaired) electrons. The Morgan fingerprint density at radius 3 is 2.77 bits per heavy atom. The minimum absolute atomic E-state index is 0.126. The summed E-state index contributed by atoms with van der Waals surface area (Å²) in [5.74, 6) is 1.81. The summed E-state index contributed by atoms with van der Waals surface area (Å²) in [7, 11) is 0. The summed E-state index contributed by atoms with van der Waals surface area (Å²) in [6.45, 7) is 6.62. The van der Waals surface area contributed by atoms with E-state index >= 15 is 0 Å². The molecule has 0 aromatic carbocycles. The Hall–Kier alpha value is -1.73. The quantitative estimate of drug-likeness (QED) is 0.902. The molecule has 3 rings (SSSR count). The fraction of sp³-hybridized carbons (Fsp3) is 0.667. The molecule has 0 bridgehead atoms. The molecule has 0 saturated carbocycles. The predicted octanol–water partition coefficient (Wildman–Crippen LogP) is 1.51. The smallest absolute Gasteiger partial charge is 0.233 e. The van der Waals surface area contributed by atoms with Gasteiger partial charge in [-0.3, -0.25) is 9.58 Å². The first-order chi connectivity index (χ1) is 10.7. The zero-order valence-electron chi connectivity index (χ0n) is 13.1. The van der Waals surface area contributed by atoms with Crippen LogP contribution >= 0.6 is 0 Å². The maximum atomic E-state index is 9.11. The highest BCUT2D eigenvalue weighted by Gasteiger charge is 2.28. The molecular formula is C15H23N5O2. The molecule has 7 nitrogen and oxygen atoms in total. The molecule has 3 heterocycles. The van der Waals surface area contributed by atoms with Crippen LogP contribution in [0.5, 0.6) is 0 Å². The second-order valence-electron chi connectivity index (χ2n) is 5.85. The van der Waals surface area contributed by atoms with Gasteiger partial charge in [-0.05, 0) is 38.9 Å². The average molecular weight is 305 g/mol. The SMILES string of the molecule is Cc1nnc([C@H](C)N2CCC(c3ccnn3CCO)CC2)o1. The van der Waals surface area contributed by atoms with Gasteiger partial charge in [0.15, 0.2) is 0 Å². The van der Waals surface area contributed by atoms with Crippen LogP contribution < -0.4 is 0 Å². The van der Waals surface area contributed by atoms with Gasteiger partial charge in [-0.15, -0.1) is 10.2 Å². The van der Waals surface area contributed by atoms with Gasteiger partial charge in [0.05, 0.1) is 19.2 Å². The molecule has 0 spiro atoms. The normalized spacial score (nSPS) is 18.7. The van der Waals surface area contributed by atoms with E-state index in [0.717, 1.165) is 25.9 Å². The van der Waals surface area contributed by atoms with E-state index in [1.165, 1.54) is 5.69 Å². The van der Waals surface area contributed by atoms with Crippen molar-refractivity contribution in [2.45, 2.75) is 45.2 Å². The van der Waals surface area contributed by atoms with Crippen LogP contribution in [0.1, 0.15) is 49.2 Å². The summed E-state index contributed by atoms with van der Waals surface area (Å²) in [6, 6.07) is 2.23. The molecule has 0 aliphatic carbocycles. The maximum absolute atomic E-state index is 9.11. The molecule has 22 heavy (non-hydrogen) atoms.